The summed E-state index contributed by atoms with van der Waals surface area (Å²) >= 11 is 0. The van der Waals surface area contributed by atoms with Crippen LogP contribution in [0.25, 0.3) is 0 Å². The Kier molecular flexibility index (Phi) is 8.34. The number of amides is 1. The molecule has 5 N–H and O–H groups in total. The lowest BCUT2D eigenvalue weighted by Crippen LogP contribution is -2.53. The number of alkyl halides is 3. The second-order valence-electron chi connectivity index (χ2n) is 8.43. The molecule has 0 saturated carbocycles. The fraction of sp³-hybridized carbons (Fsp3) is 0.240. The first-order chi connectivity index (χ1) is 17.7. The van der Waals surface area contributed by atoms with Crippen LogP contribution in [0.5, 0.6) is 5.75 Å². The molecule has 0 radical (unpaired) electrons. The number of hydrogen-bond donors (Lipinski definition) is 5. The lowest BCUT2D eigenvalue weighted by Gasteiger charge is -2.35. The van der Waals surface area contributed by atoms with E-state index in [2.05, 4.69) is 5.32 Å². The average Bonchev–Trinajstić information content (AvgIpc) is 2.86. The molecule has 0 fully saturated rings. The third-order valence-electron chi connectivity index (χ3n) is 5.76. The highest BCUT2D eigenvalue weighted by Crippen LogP contribution is 2.41. The van der Waals surface area contributed by atoms with Crippen LogP contribution in [0.2, 0.25) is 0 Å². The maximum absolute atomic E-state index is 15.2. The first kappa shape index (κ1) is 28.9. The summed E-state index contributed by atoms with van der Waals surface area (Å²) in [6.07, 6.45) is -5.34. The number of phenols is 1. The van der Waals surface area contributed by atoms with Gasteiger partial charge in [-0.25, -0.2) is 12.8 Å². The summed E-state index contributed by atoms with van der Waals surface area (Å²) in [5.74, 6) is -3.22. The Morgan fingerprint density at radius 2 is 1.61 bits per heavy atom. The average molecular weight is 557 g/mol. The molecule has 0 saturated heterocycles. The number of rotatable bonds is 9. The van der Waals surface area contributed by atoms with Crippen molar-refractivity contribution >= 4 is 21.4 Å². The van der Waals surface area contributed by atoms with Gasteiger partial charge in [0.2, 0.25) is 9.84 Å². The minimum absolute atomic E-state index is 0.152. The lowest BCUT2D eigenvalue weighted by atomic mass is 9.88. The van der Waals surface area contributed by atoms with Crippen LogP contribution in [-0.4, -0.2) is 54.6 Å². The van der Waals surface area contributed by atoms with E-state index in [1.165, 1.54) is 36.4 Å². The number of halogens is 4. The fourth-order valence-corrected chi connectivity index (χ4v) is 4.83. The van der Waals surface area contributed by atoms with Gasteiger partial charge in [0, 0.05) is 17.8 Å². The zero-order valence-corrected chi connectivity index (χ0v) is 20.6. The molecule has 0 aliphatic rings. The van der Waals surface area contributed by atoms with E-state index in [4.69, 9.17) is 5.11 Å². The molecule has 0 heterocycles. The van der Waals surface area contributed by atoms with Gasteiger partial charge >= 0.3 is 6.18 Å². The Bertz CT molecular complexity index is 1410. The maximum Gasteiger partial charge on any atom is 0.419 e. The number of aromatic hydroxyl groups is 1. The number of carbonyl (C=O) groups is 1. The first-order valence-electron chi connectivity index (χ1n) is 11.1. The highest BCUT2D eigenvalue weighted by atomic mass is 32.2. The number of phenolic OH excluding ortho intramolecular Hbond substituents is 1. The van der Waals surface area contributed by atoms with E-state index < -0.39 is 61.2 Å². The molecule has 0 bridgehead atoms. The van der Waals surface area contributed by atoms with Crippen LogP contribution in [0.15, 0.2) is 76.5 Å². The number of anilines is 1. The van der Waals surface area contributed by atoms with E-state index in [9.17, 15) is 36.6 Å². The second-order valence-corrected chi connectivity index (χ2v) is 10.4. The van der Waals surface area contributed by atoms with Crippen molar-refractivity contribution in [3.8, 4) is 5.75 Å². The van der Waals surface area contributed by atoms with Crippen LogP contribution in [0, 0.1) is 5.82 Å². The SMILES string of the molecule is CC(O)(C(NC(=O)c1ccccc1O)c1ccc(S(=O)(=O)c2ccc(NCCO)cc2)cc1F)C(F)(F)F. The maximum atomic E-state index is 15.2. The molecule has 2 atom stereocenters. The molecule has 0 aliphatic carbocycles. The summed E-state index contributed by atoms with van der Waals surface area (Å²) in [5, 5.41) is 33.8. The Labute approximate surface area is 215 Å². The van der Waals surface area contributed by atoms with Gasteiger partial charge in [0.05, 0.1) is 28.0 Å². The number of benzene rings is 3. The summed E-state index contributed by atoms with van der Waals surface area (Å²) in [5.41, 5.74) is -4.44. The van der Waals surface area contributed by atoms with E-state index in [-0.39, 0.29) is 18.0 Å². The van der Waals surface area contributed by atoms with E-state index in [0.717, 1.165) is 24.3 Å². The van der Waals surface area contributed by atoms with Crippen LogP contribution in [0.4, 0.5) is 23.2 Å². The fourth-order valence-electron chi connectivity index (χ4n) is 3.56. The number of carbonyl (C=O) groups excluding carboxylic acids is 1. The normalized spacial score (nSPS) is 14.4. The Hall–Kier alpha value is -3.68. The van der Waals surface area contributed by atoms with Crippen LogP contribution in [0.1, 0.15) is 28.9 Å². The minimum atomic E-state index is -5.34. The molecule has 2 unspecified atom stereocenters. The lowest BCUT2D eigenvalue weighted by molar-refractivity contribution is -0.263. The van der Waals surface area contributed by atoms with Crippen molar-refractivity contribution in [1.82, 2.24) is 5.32 Å². The zero-order chi connectivity index (χ0) is 28.3. The number of aliphatic hydroxyl groups excluding tert-OH is 1. The summed E-state index contributed by atoms with van der Waals surface area (Å²) in [6, 6.07) is 9.88. The smallest absolute Gasteiger partial charge is 0.419 e. The highest BCUT2D eigenvalue weighted by molar-refractivity contribution is 7.91. The van der Waals surface area contributed by atoms with Gasteiger partial charge < -0.3 is 26.0 Å². The predicted octanol–water partition coefficient (Wildman–Crippen LogP) is 3.55. The van der Waals surface area contributed by atoms with Gasteiger partial charge in [-0.05, 0) is 55.5 Å². The molecular formula is C25H24F4N2O6S. The molecule has 3 aromatic rings. The molecular weight excluding hydrogens is 532 g/mol. The summed E-state index contributed by atoms with van der Waals surface area (Å²) in [4.78, 5) is 11.8. The standard InChI is InChI=1S/C25H24F4N2O6S/c1-24(35,25(27,28)29)22(31-23(34)19-4-2-3-5-21(19)33)18-11-10-17(14-20(18)26)38(36,37)16-8-6-15(7-9-16)30-12-13-32/h2-11,14,22,30,32-33,35H,12-13H2,1H3,(H,31,34). The minimum Gasteiger partial charge on any atom is -0.507 e. The molecule has 8 nitrogen and oxygen atoms in total. The third-order valence-corrected chi connectivity index (χ3v) is 7.53. The Morgan fingerprint density at radius 1 is 1.00 bits per heavy atom. The number of nitrogens with one attached hydrogen (secondary N) is 2. The summed E-state index contributed by atoms with van der Waals surface area (Å²) < 4.78 is 82.4. The van der Waals surface area contributed by atoms with E-state index in [0.29, 0.717) is 18.7 Å². The molecule has 38 heavy (non-hydrogen) atoms. The van der Waals surface area contributed by atoms with Crippen molar-refractivity contribution in [2.75, 3.05) is 18.5 Å². The molecule has 204 valence electrons. The Balaban J connectivity index is 2.01. The molecule has 3 rings (SSSR count). The molecule has 0 aromatic heterocycles. The number of hydrogen-bond acceptors (Lipinski definition) is 7. The Morgan fingerprint density at radius 3 is 2.16 bits per heavy atom. The van der Waals surface area contributed by atoms with Crippen molar-refractivity contribution in [3.05, 3.63) is 83.7 Å². The highest BCUT2D eigenvalue weighted by Gasteiger charge is 2.56. The summed E-state index contributed by atoms with van der Waals surface area (Å²) in [6.45, 7) is 0.405. The summed E-state index contributed by atoms with van der Waals surface area (Å²) in [7, 11) is -4.30. The van der Waals surface area contributed by atoms with Crippen molar-refractivity contribution < 1.29 is 46.1 Å². The van der Waals surface area contributed by atoms with Crippen molar-refractivity contribution in [2.24, 2.45) is 0 Å². The van der Waals surface area contributed by atoms with Gasteiger partial charge in [-0.3, -0.25) is 4.79 Å². The van der Waals surface area contributed by atoms with Crippen LogP contribution in [-0.2, 0) is 9.84 Å². The molecule has 0 aliphatic heterocycles. The zero-order valence-electron chi connectivity index (χ0n) is 19.8. The molecule has 0 spiro atoms. The van der Waals surface area contributed by atoms with E-state index >= 15 is 4.39 Å². The first-order valence-corrected chi connectivity index (χ1v) is 12.6. The predicted molar refractivity (Wildman–Crippen MR) is 129 cm³/mol. The van der Waals surface area contributed by atoms with Crippen molar-refractivity contribution in [3.63, 3.8) is 0 Å². The van der Waals surface area contributed by atoms with Crippen LogP contribution in [0.3, 0.4) is 0 Å². The molecule has 3 aromatic carbocycles. The van der Waals surface area contributed by atoms with Gasteiger partial charge in [-0.15, -0.1) is 0 Å². The van der Waals surface area contributed by atoms with Crippen molar-refractivity contribution in [2.45, 2.75) is 34.5 Å². The topological polar surface area (TPSA) is 136 Å². The largest absolute Gasteiger partial charge is 0.507 e. The number of aliphatic hydroxyl groups is 2. The van der Waals surface area contributed by atoms with Gasteiger partial charge in [0.1, 0.15) is 11.6 Å². The van der Waals surface area contributed by atoms with Gasteiger partial charge in [0.25, 0.3) is 5.91 Å². The van der Waals surface area contributed by atoms with Gasteiger partial charge in [-0.1, -0.05) is 18.2 Å². The van der Waals surface area contributed by atoms with E-state index in [1.54, 1.807) is 0 Å². The molecule has 13 heteroatoms. The van der Waals surface area contributed by atoms with Crippen LogP contribution >= 0.6 is 0 Å². The monoisotopic (exact) mass is 556 g/mol. The van der Waals surface area contributed by atoms with Gasteiger partial charge in [0.15, 0.2) is 5.60 Å². The number of para-hydroxylation sites is 1. The van der Waals surface area contributed by atoms with Crippen LogP contribution < -0.4 is 10.6 Å². The van der Waals surface area contributed by atoms with E-state index in [1.807, 2.05) is 5.32 Å². The third kappa shape index (κ3) is 5.90. The van der Waals surface area contributed by atoms with Crippen molar-refractivity contribution in [1.29, 1.82) is 0 Å². The molecule has 1 amide bonds. The second kappa shape index (κ2) is 11.0. The number of sulfone groups is 1. The quantitative estimate of drug-likeness (QED) is 0.254. The van der Waals surface area contributed by atoms with Gasteiger partial charge in [-0.2, -0.15) is 13.2 Å².